The molecule has 2 aromatic carbocycles. The van der Waals surface area contributed by atoms with Crippen LogP contribution in [0.5, 0.6) is 0 Å². The Morgan fingerprint density at radius 2 is 1.77 bits per heavy atom. The van der Waals surface area contributed by atoms with Crippen molar-refractivity contribution >= 4 is 10.8 Å². The van der Waals surface area contributed by atoms with Crippen LogP contribution in [-0.2, 0) is 6.42 Å². The summed E-state index contributed by atoms with van der Waals surface area (Å²) in [6, 6.07) is 13.0. The van der Waals surface area contributed by atoms with Gasteiger partial charge in [0.1, 0.15) is 0 Å². The molecular formula is C12H9Na. The van der Waals surface area contributed by atoms with Crippen molar-refractivity contribution in [2.24, 2.45) is 0 Å². The van der Waals surface area contributed by atoms with E-state index < -0.39 is 0 Å². The van der Waals surface area contributed by atoms with Gasteiger partial charge in [-0.2, -0.15) is 18.1 Å². The van der Waals surface area contributed by atoms with Gasteiger partial charge in [-0.25, -0.2) is 0 Å². The first-order valence-corrected chi connectivity index (χ1v) is 4.29. The molecule has 0 atom stereocenters. The van der Waals surface area contributed by atoms with E-state index in [2.05, 4.69) is 42.8 Å². The van der Waals surface area contributed by atoms with Crippen LogP contribution in [0, 0.1) is 6.42 Å². The molecular weight excluding hydrogens is 167 g/mol. The summed E-state index contributed by atoms with van der Waals surface area (Å²) >= 11 is 0. The number of rotatable bonds is 0. The van der Waals surface area contributed by atoms with Crippen molar-refractivity contribution in [1.82, 2.24) is 0 Å². The van der Waals surface area contributed by atoms with Crippen molar-refractivity contribution in [3.63, 3.8) is 0 Å². The van der Waals surface area contributed by atoms with Crippen LogP contribution in [-0.4, -0.2) is 0 Å². The van der Waals surface area contributed by atoms with Crippen LogP contribution in [0.1, 0.15) is 11.1 Å². The SMILES string of the molecule is [Na+].c1cc2c3c(cccc3c1)C[CH-]2. The van der Waals surface area contributed by atoms with Crippen molar-refractivity contribution in [3.05, 3.63) is 53.9 Å². The molecule has 0 bridgehead atoms. The molecule has 13 heavy (non-hydrogen) atoms. The molecule has 2 aromatic rings. The molecule has 0 nitrogen and oxygen atoms in total. The Hall–Kier alpha value is -0.430. The summed E-state index contributed by atoms with van der Waals surface area (Å²) in [7, 11) is 0. The van der Waals surface area contributed by atoms with Gasteiger partial charge in [-0.05, 0) is 0 Å². The largest absolute Gasteiger partial charge is 1.00 e. The molecule has 1 aliphatic carbocycles. The fraction of sp³-hybridized carbons (Fsp3) is 0.0833. The normalized spacial score (nSPS) is 12.3. The maximum absolute atomic E-state index is 2.30. The predicted molar refractivity (Wildman–Crippen MR) is 51.1 cm³/mol. The molecule has 0 heterocycles. The number of hydrogen-bond acceptors (Lipinski definition) is 0. The van der Waals surface area contributed by atoms with Crippen molar-refractivity contribution in [3.8, 4) is 0 Å². The van der Waals surface area contributed by atoms with Crippen molar-refractivity contribution in [1.29, 1.82) is 0 Å². The van der Waals surface area contributed by atoms with Gasteiger partial charge in [-0.15, -0.1) is 17.0 Å². The quantitative estimate of drug-likeness (QED) is 0.390. The summed E-state index contributed by atoms with van der Waals surface area (Å²) in [5.41, 5.74) is 2.88. The van der Waals surface area contributed by atoms with Crippen molar-refractivity contribution in [2.75, 3.05) is 0 Å². The first kappa shape index (κ1) is 9.14. The minimum absolute atomic E-state index is 0. The van der Waals surface area contributed by atoms with E-state index >= 15 is 0 Å². The van der Waals surface area contributed by atoms with Gasteiger partial charge < -0.3 is 0 Å². The summed E-state index contributed by atoms with van der Waals surface area (Å²) in [6.07, 6.45) is 3.41. The Balaban J connectivity index is 0.000000653. The van der Waals surface area contributed by atoms with Gasteiger partial charge in [0.2, 0.25) is 0 Å². The summed E-state index contributed by atoms with van der Waals surface area (Å²) in [5.74, 6) is 0. The van der Waals surface area contributed by atoms with Crippen LogP contribution in [0.4, 0.5) is 0 Å². The third-order valence-electron chi connectivity index (χ3n) is 2.57. The van der Waals surface area contributed by atoms with E-state index in [1.54, 1.807) is 0 Å². The van der Waals surface area contributed by atoms with E-state index in [0.717, 1.165) is 6.42 Å². The van der Waals surface area contributed by atoms with Gasteiger partial charge >= 0.3 is 29.6 Å². The van der Waals surface area contributed by atoms with Crippen LogP contribution >= 0.6 is 0 Å². The van der Waals surface area contributed by atoms with Gasteiger partial charge in [0.25, 0.3) is 0 Å². The second-order valence-electron chi connectivity index (χ2n) is 3.27. The fourth-order valence-electron chi connectivity index (χ4n) is 2.01. The molecule has 1 heteroatoms. The Bertz CT molecular complexity index is 407. The summed E-state index contributed by atoms with van der Waals surface area (Å²) in [6.45, 7) is 0. The summed E-state index contributed by atoms with van der Waals surface area (Å²) in [5, 5.41) is 2.83. The van der Waals surface area contributed by atoms with Gasteiger partial charge in [0.15, 0.2) is 0 Å². The van der Waals surface area contributed by atoms with Crippen LogP contribution in [0.15, 0.2) is 36.4 Å². The zero-order valence-corrected chi connectivity index (χ0v) is 9.75. The Labute approximate surface area is 100 Å². The molecule has 0 unspecified atom stereocenters. The standard InChI is InChI=1S/C12H9.Na/c1-3-9-4-2-6-11-8-7-10(5-1)12(9)11;/h1-7H,8H2;/q-1;+1. The molecule has 3 rings (SSSR count). The molecule has 58 valence electrons. The zero-order chi connectivity index (χ0) is 7.97. The monoisotopic (exact) mass is 176 g/mol. The van der Waals surface area contributed by atoms with Gasteiger partial charge in [-0.1, -0.05) is 36.1 Å². The minimum atomic E-state index is 0. The van der Waals surface area contributed by atoms with E-state index in [9.17, 15) is 0 Å². The Morgan fingerprint density at radius 3 is 2.62 bits per heavy atom. The molecule has 0 aliphatic heterocycles. The number of hydrogen-bond donors (Lipinski definition) is 0. The van der Waals surface area contributed by atoms with Crippen molar-refractivity contribution < 1.29 is 29.6 Å². The second-order valence-corrected chi connectivity index (χ2v) is 3.27. The average Bonchev–Trinajstić information content (AvgIpc) is 2.52. The van der Waals surface area contributed by atoms with E-state index in [1.807, 2.05) is 0 Å². The minimum Gasteiger partial charge on any atom is -0.184 e. The van der Waals surface area contributed by atoms with Crippen LogP contribution in [0.25, 0.3) is 10.8 Å². The molecule has 0 aromatic heterocycles. The molecule has 1 aliphatic rings. The first-order chi connectivity index (χ1) is 5.95. The third-order valence-corrected chi connectivity index (χ3v) is 2.57. The second kappa shape index (κ2) is 3.38. The topological polar surface area (TPSA) is 0 Å². The smallest absolute Gasteiger partial charge is 0.184 e. The van der Waals surface area contributed by atoms with E-state index in [1.165, 1.54) is 21.9 Å². The molecule has 0 saturated heterocycles. The van der Waals surface area contributed by atoms with Crippen LogP contribution < -0.4 is 29.6 Å². The first-order valence-electron chi connectivity index (χ1n) is 4.29. The van der Waals surface area contributed by atoms with E-state index in [0.29, 0.717) is 0 Å². The number of benzene rings is 2. The Kier molecular flexibility index (Phi) is 2.37. The molecule has 0 radical (unpaired) electrons. The Morgan fingerprint density at radius 1 is 1.00 bits per heavy atom. The van der Waals surface area contributed by atoms with E-state index in [-0.39, 0.29) is 29.6 Å². The fourth-order valence-corrected chi connectivity index (χ4v) is 2.01. The molecule has 0 fully saturated rings. The van der Waals surface area contributed by atoms with E-state index in [4.69, 9.17) is 0 Å². The van der Waals surface area contributed by atoms with Gasteiger partial charge in [0, 0.05) is 0 Å². The van der Waals surface area contributed by atoms with Gasteiger partial charge in [-0.3, -0.25) is 0 Å². The summed E-state index contributed by atoms with van der Waals surface area (Å²) in [4.78, 5) is 0. The van der Waals surface area contributed by atoms with Crippen LogP contribution in [0.2, 0.25) is 0 Å². The summed E-state index contributed by atoms with van der Waals surface area (Å²) < 4.78 is 0. The molecule has 0 spiro atoms. The van der Waals surface area contributed by atoms with Gasteiger partial charge in [0.05, 0.1) is 0 Å². The van der Waals surface area contributed by atoms with Crippen molar-refractivity contribution in [2.45, 2.75) is 6.42 Å². The zero-order valence-electron chi connectivity index (χ0n) is 7.75. The molecule has 0 N–H and O–H groups in total. The average molecular weight is 176 g/mol. The molecule has 0 amide bonds. The molecule has 0 saturated carbocycles. The maximum Gasteiger partial charge on any atom is 1.00 e. The third kappa shape index (κ3) is 1.30. The predicted octanol–water partition coefficient (Wildman–Crippen LogP) is -0.0477. The maximum atomic E-state index is 2.30. The van der Waals surface area contributed by atoms with Crippen LogP contribution in [0.3, 0.4) is 0 Å².